The molecule has 0 spiro atoms. The van der Waals surface area contributed by atoms with Crippen LogP contribution >= 0.6 is 0 Å². The van der Waals surface area contributed by atoms with Crippen LogP contribution in [0.25, 0.3) is 0 Å². The van der Waals surface area contributed by atoms with Gasteiger partial charge >= 0.3 is 0 Å². The van der Waals surface area contributed by atoms with Gasteiger partial charge in [-0.3, -0.25) is 19.5 Å². The molecule has 0 bridgehead atoms. The van der Waals surface area contributed by atoms with Crippen molar-refractivity contribution in [2.75, 3.05) is 0 Å². The first-order valence-electron chi connectivity index (χ1n) is 5.48. The highest BCUT2D eigenvalue weighted by molar-refractivity contribution is 6.09. The van der Waals surface area contributed by atoms with Crippen LogP contribution in [-0.4, -0.2) is 21.7 Å². The lowest BCUT2D eigenvalue weighted by Crippen LogP contribution is -2.35. The summed E-state index contributed by atoms with van der Waals surface area (Å²) in [5, 5.41) is 0. The van der Waals surface area contributed by atoms with Gasteiger partial charge in [0.05, 0.1) is 23.6 Å². The quantitative estimate of drug-likeness (QED) is 0.697. The summed E-state index contributed by atoms with van der Waals surface area (Å²) in [6.07, 6.45) is 2.43. The van der Waals surface area contributed by atoms with Crippen LogP contribution in [0, 0.1) is 11.8 Å². The van der Waals surface area contributed by atoms with Crippen LogP contribution in [0.1, 0.15) is 25.1 Å². The lowest BCUT2D eigenvalue weighted by molar-refractivity contribution is -0.143. The average Bonchev–Trinajstić information content (AvgIpc) is 3.05. The summed E-state index contributed by atoms with van der Waals surface area (Å²) >= 11 is 0. The molecule has 82 valence electrons. The summed E-state index contributed by atoms with van der Waals surface area (Å²) in [6, 6.07) is 5.29. The fraction of sp³-hybridized carbons (Fsp3) is 0.417. The second-order valence-electron chi connectivity index (χ2n) is 4.43. The topological polar surface area (TPSA) is 50.3 Å². The second-order valence-corrected chi connectivity index (χ2v) is 4.43. The number of pyridine rings is 1. The SMILES string of the molecule is CC(c1ccccn1)N1C(=O)C2CC2C1=O. The Morgan fingerprint density at radius 2 is 2.00 bits per heavy atom. The number of aromatic nitrogens is 1. The van der Waals surface area contributed by atoms with Gasteiger partial charge in [-0.1, -0.05) is 6.07 Å². The smallest absolute Gasteiger partial charge is 0.233 e. The van der Waals surface area contributed by atoms with Crippen molar-refractivity contribution >= 4 is 11.8 Å². The van der Waals surface area contributed by atoms with Gasteiger partial charge in [-0.2, -0.15) is 0 Å². The fourth-order valence-electron chi connectivity index (χ4n) is 2.34. The van der Waals surface area contributed by atoms with E-state index in [1.165, 1.54) is 4.90 Å². The van der Waals surface area contributed by atoms with Gasteiger partial charge in [0, 0.05) is 6.20 Å². The van der Waals surface area contributed by atoms with E-state index in [0.717, 1.165) is 12.1 Å². The van der Waals surface area contributed by atoms with E-state index in [1.54, 1.807) is 6.20 Å². The van der Waals surface area contributed by atoms with Crippen molar-refractivity contribution in [2.24, 2.45) is 11.8 Å². The van der Waals surface area contributed by atoms with Crippen LogP contribution < -0.4 is 0 Å². The van der Waals surface area contributed by atoms with Crippen molar-refractivity contribution in [1.82, 2.24) is 9.88 Å². The number of hydrogen-bond donors (Lipinski definition) is 0. The van der Waals surface area contributed by atoms with Gasteiger partial charge in [-0.05, 0) is 25.5 Å². The first-order chi connectivity index (χ1) is 7.70. The van der Waals surface area contributed by atoms with Crippen LogP contribution in [-0.2, 0) is 9.59 Å². The van der Waals surface area contributed by atoms with Gasteiger partial charge in [0.25, 0.3) is 0 Å². The average molecular weight is 216 g/mol. The number of imide groups is 1. The van der Waals surface area contributed by atoms with Crippen molar-refractivity contribution in [3.8, 4) is 0 Å². The molecule has 2 aliphatic rings. The largest absolute Gasteiger partial charge is 0.274 e. The molecule has 0 radical (unpaired) electrons. The summed E-state index contributed by atoms with van der Waals surface area (Å²) in [7, 11) is 0. The van der Waals surface area contributed by atoms with Gasteiger partial charge < -0.3 is 0 Å². The van der Waals surface area contributed by atoms with Crippen LogP contribution in [0.3, 0.4) is 0 Å². The zero-order chi connectivity index (χ0) is 11.3. The maximum Gasteiger partial charge on any atom is 0.233 e. The van der Waals surface area contributed by atoms with Crippen LogP contribution in [0.2, 0.25) is 0 Å². The Labute approximate surface area is 93.3 Å². The molecule has 0 aromatic carbocycles. The molecule has 1 aromatic heterocycles. The molecule has 2 fully saturated rings. The van der Waals surface area contributed by atoms with Crippen LogP contribution in [0.15, 0.2) is 24.4 Å². The van der Waals surface area contributed by atoms with Crippen molar-refractivity contribution < 1.29 is 9.59 Å². The standard InChI is InChI=1S/C12H12N2O2/c1-7(10-4-2-3-5-13-10)14-11(15)8-6-9(8)12(14)16/h2-5,7-9H,6H2,1H3. The fourth-order valence-corrected chi connectivity index (χ4v) is 2.34. The van der Waals surface area contributed by atoms with E-state index in [4.69, 9.17) is 0 Å². The highest BCUT2D eigenvalue weighted by Crippen LogP contribution is 2.49. The summed E-state index contributed by atoms with van der Waals surface area (Å²) in [4.78, 5) is 29.3. The van der Waals surface area contributed by atoms with E-state index in [-0.39, 0.29) is 29.7 Å². The summed E-state index contributed by atoms with van der Waals surface area (Å²) in [5.74, 6) is -0.0985. The molecular formula is C12H12N2O2. The molecule has 3 unspecified atom stereocenters. The molecule has 16 heavy (non-hydrogen) atoms. The first-order valence-corrected chi connectivity index (χ1v) is 5.48. The normalized spacial score (nSPS) is 29.2. The zero-order valence-corrected chi connectivity index (χ0v) is 8.96. The van der Waals surface area contributed by atoms with Crippen molar-refractivity contribution in [3.63, 3.8) is 0 Å². The second kappa shape index (κ2) is 3.14. The third-order valence-electron chi connectivity index (χ3n) is 3.40. The lowest BCUT2D eigenvalue weighted by atomic mass is 10.2. The monoisotopic (exact) mass is 216 g/mol. The molecular weight excluding hydrogens is 204 g/mol. The molecule has 4 nitrogen and oxygen atoms in total. The minimum absolute atomic E-state index is 0.0202. The van der Waals surface area contributed by atoms with Gasteiger partial charge in [0.1, 0.15) is 0 Å². The number of nitrogens with zero attached hydrogens (tertiary/aromatic N) is 2. The van der Waals surface area contributed by atoms with Crippen LogP contribution in [0.4, 0.5) is 0 Å². The van der Waals surface area contributed by atoms with Crippen molar-refractivity contribution in [2.45, 2.75) is 19.4 Å². The number of hydrogen-bond acceptors (Lipinski definition) is 3. The van der Waals surface area contributed by atoms with E-state index in [1.807, 2.05) is 25.1 Å². The summed E-state index contributed by atoms with van der Waals surface area (Å²) < 4.78 is 0. The summed E-state index contributed by atoms with van der Waals surface area (Å²) in [6.45, 7) is 1.85. The predicted octanol–water partition coefficient (Wildman–Crippen LogP) is 1.15. The molecule has 1 aliphatic heterocycles. The minimum Gasteiger partial charge on any atom is -0.274 e. The van der Waals surface area contributed by atoms with Crippen LogP contribution in [0.5, 0.6) is 0 Å². The van der Waals surface area contributed by atoms with Gasteiger partial charge in [0.15, 0.2) is 0 Å². The molecule has 3 rings (SSSR count). The van der Waals surface area contributed by atoms with E-state index in [9.17, 15) is 9.59 Å². The summed E-state index contributed by atoms with van der Waals surface area (Å²) in [5.41, 5.74) is 0.769. The molecule has 4 heteroatoms. The number of rotatable bonds is 2. The Kier molecular flexibility index (Phi) is 1.87. The Bertz CT molecular complexity index is 437. The minimum atomic E-state index is -0.242. The van der Waals surface area contributed by atoms with Crippen molar-refractivity contribution in [3.05, 3.63) is 30.1 Å². The highest BCUT2D eigenvalue weighted by Gasteiger charge is 2.59. The Morgan fingerprint density at radius 3 is 2.56 bits per heavy atom. The highest BCUT2D eigenvalue weighted by atomic mass is 16.2. The molecule has 1 saturated carbocycles. The molecule has 2 amide bonds. The maximum atomic E-state index is 11.8. The number of carbonyl (C=O) groups is 2. The van der Waals surface area contributed by atoms with Gasteiger partial charge in [-0.25, -0.2) is 0 Å². The third-order valence-corrected chi connectivity index (χ3v) is 3.40. The van der Waals surface area contributed by atoms with Gasteiger partial charge in [0.2, 0.25) is 11.8 Å². The number of carbonyl (C=O) groups excluding carboxylic acids is 2. The number of likely N-dealkylation sites (tertiary alicyclic amines) is 1. The third kappa shape index (κ3) is 1.19. The Morgan fingerprint density at radius 1 is 1.31 bits per heavy atom. The van der Waals surface area contributed by atoms with E-state index >= 15 is 0 Å². The molecule has 3 atom stereocenters. The Hall–Kier alpha value is -1.71. The number of fused-ring (bicyclic) bond motifs is 1. The number of piperidine rings is 1. The molecule has 1 saturated heterocycles. The molecule has 1 aliphatic carbocycles. The van der Waals surface area contributed by atoms with Crippen molar-refractivity contribution in [1.29, 1.82) is 0 Å². The van der Waals surface area contributed by atoms with E-state index < -0.39 is 0 Å². The predicted molar refractivity (Wildman–Crippen MR) is 56.1 cm³/mol. The van der Waals surface area contributed by atoms with Gasteiger partial charge in [-0.15, -0.1) is 0 Å². The Balaban J connectivity index is 1.89. The molecule has 0 N–H and O–H groups in total. The molecule has 2 heterocycles. The lowest BCUT2D eigenvalue weighted by Gasteiger charge is -2.23. The number of amides is 2. The maximum absolute atomic E-state index is 11.8. The van der Waals surface area contributed by atoms with E-state index in [0.29, 0.717) is 0 Å². The van der Waals surface area contributed by atoms with E-state index in [2.05, 4.69) is 4.98 Å². The molecule has 1 aromatic rings. The first kappa shape index (κ1) is 9.51. The zero-order valence-electron chi connectivity index (χ0n) is 8.96.